The first kappa shape index (κ1) is 11.8. The number of rotatable bonds is 4. The molecule has 1 aromatic carbocycles. The van der Waals surface area contributed by atoms with E-state index >= 15 is 0 Å². The molecule has 3 heteroatoms. The van der Waals surface area contributed by atoms with Crippen LogP contribution in [0.1, 0.15) is 38.3 Å². The Morgan fingerprint density at radius 3 is 2.75 bits per heavy atom. The van der Waals surface area contributed by atoms with Crippen molar-refractivity contribution in [1.82, 2.24) is 5.32 Å². The van der Waals surface area contributed by atoms with E-state index in [1.54, 1.807) is 0 Å². The van der Waals surface area contributed by atoms with E-state index in [0.717, 1.165) is 24.3 Å². The lowest BCUT2D eigenvalue weighted by atomic mass is 10.0. The van der Waals surface area contributed by atoms with Crippen molar-refractivity contribution in [2.75, 3.05) is 6.54 Å². The molecule has 88 valence electrons. The fourth-order valence-electron chi connectivity index (χ4n) is 2.43. The van der Waals surface area contributed by atoms with E-state index in [2.05, 4.69) is 25.2 Å². The van der Waals surface area contributed by atoms with Crippen LogP contribution in [0.5, 0.6) is 0 Å². The minimum Gasteiger partial charge on any atom is -0.309 e. The van der Waals surface area contributed by atoms with E-state index in [4.69, 9.17) is 0 Å². The van der Waals surface area contributed by atoms with Crippen molar-refractivity contribution in [3.05, 3.63) is 29.8 Å². The molecule has 0 aromatic heterocycles. The zero-order valence-corrected chi connectivity index (χ0v) is 10.7. The van der Waals surface area contributed by atoms with Gasteiger partial charge in [-0.2, -0.15) is 0 Å². The van der Waals surface area contributed by atoms with Crippen molar-refractivity contribution in [3.63, 3.8) is 0 Å². The third-order valence-corrected chi connectivity index (χ3v) is 4.98. The van der Waals surface area contributed by atoms with Crippen LogP contribution in [0.2, 0.25) is 0 Å². The van der Waals surface area contributed by atoms with Crippen molar-refractivity contribution in [1.29, 1.82) is 0 Å². The van der Waals surface area contributed by atoms with E-state index in [1.807, 2.05) is 18.2 Å². The van der Waals surface area contributed by atoms with Gasteiger partial charge in [0.25, 0.3) is 0 Å². The van der Waals surface area contributed by atoms with Crippen molar-refractivity contribution in [2.45, 2.75) is 42.9 Å². The Hall–Kier alpha value is -0.670. The van der Waals surface area contributed by atoms with E-state index in [-0.39, 0.29) is 11.3 Å². The summed E-state index contributed by atoms with van der Waals surface area (Å²) in [6.45, 7) is 5.19. The second kappa shape index (κ2) is 5.11. The summed E-state index contributed by atoms with van der Waals surface area (Å²) in [6.07, 6.45) is 2.12. The minimum atomic E-state index is -0.830. The van der Waals surface area contributed by atoms with Crippen LogP contribution in [-0.2, 0) is 10.8 Å². The normalized spacial score (nSPS) is 28.0. The van der Waals surface area contributed by atoms with Crippen LogP contribution < -0.4 is 5.32 Å². The molecule has 1 aliphatic heterocycles. The van der Waals surface area contributed by atoms with E-state index in [0.29, 0.717) is 0 Å². The molecule has 3 atom stereocenters. The molecule has 0 fully saturated rings. The summed E-state index contributed by atoms with van der Waals surface area (Å²) in [6, 6.07) is 8.41. The van der Waals surface area contributed by atoms with Gasteiger partial charge in [-0.25, -0.2) is 0 Å². The molecule has 0 bridgehead atoms. The van der Waals surface area contributed by atoms with Gasteiger partial charge >= 0.3 is 0 Å². The molecule has 1 aliphatic rings. The Balaban J connectivity index is 2.35. The number of nitrogens with one attached hydrogen (secondary N) is 1. The molecule has 0 amide bonds. The van der Waals surface area contributed by atoms with Gasteiger partial charge in [-0.3, -0.25) is 4.21 Å². The third kappa shape index (κ3) is 1.94. The highest BCUT2D eigenvalue weighted by atomic mass is 32.2. The van der Waals surface area contributed by atoms with Gasteiger partial charge in [-0.05, 0) is 24.6 Å². The van der Waals surface area contributed by atoms with Crippen LogP contribution in [0.15, 0.2) is 29.2 Å². The van der Waals surface area contributed by atoms with Crippen molar-refractivity contribution in [3.8, 4) is 0 Å². The zero-order chi connectivity index (χ0) is 11.5. The molecule has 0 saturated carbocycles. The van der Waals surface area contributed by atoms with Gasteiger partial charge in [-0.1, -0.05) is 38.5 Å². The summed E-state index contributed by atoms with van der Waals surface area (Å²) in [5.41, 5.74) is 1.24. The smallest absolute Gasteiger partial charge is 0.0590 e. The van der Waals surface area contributed by atoms with Crippen LogP contribution >= 0.6 is 0 Å². The molecule has 1 aromatic rings. The molecular formula is C13H19NOS. The number of hydrogen-bond donors (Lipinski definition) is 1. The molecule has 2 nitrogen and oxygen atoms in total. The van der Waals surface area contributed by atoms with Gasteiger partial charge in [0.2, 0.25) is 0 Å². The molecular weight excluding hydrogens is 218 g/mol. The van der Waals surface area contributed by atoms with E-state index in [9.17, 15) is 4.21 Å². The van der Waals surface area contributed by atoms with Crippen LogP contribution in [0, 0.1) is 0 Å². The Kier molecular flexibility index (Phi) is 3.77. The number of benzene rings is 1. The average Bonchev–Trinajstić information content (AvgIpc) is 2.57. The third-order valence-electron chi connectivity index (χ3n) is 3.11. The lowest BCUT2D eigenvalue weighted by Crippen LogP contribution is -2.29. The molecule has 0 aliphatic carbocycles. The SMILES string of the molecule is CCCC1C(NCC)c2ccccc2S1=O. The summed E-state index contributed by atoms with van der Waals surface area (Å²) >= 11 is 0. The van der Waals surface area contributed by atoms with Gasteiger partial charge in [0, 0.05) is 10.9 Å². The van der Waals surface area contributed by atoms with Crippen LogP contribution in [0.3, 0.4) is 0 Å². The monoisotopic (exact) mass is 237 g/mol. The maximum atomic E-state index is 12.3. The number of fused-ring (bicyclic) bond motifs is 1. The topological polar surface area (TPSA) is 29.1 Å². The summed E-state index contributed by atoms with van der Waals surface area (Å²) < 4.78 is 12.3. The zero-order valence-electron chi connectivity index (χ0n) is 9.90. The lowest BCUT2D eigenvalue weighted by molar-refractivity contribution is 0.507. The fraction of sp³-hybridized carbons (Fsp3) is 0.538. The lowest BCUT2D eigenvalue weighted by Gasteiger charge is -2.19. The highest BCUT2D eigenvalue weighted by Crippen LogP contribution is 2.38. The predicted molar refractivity (Wildman–Crippen MR) is 68.0 cm³/mol. The highest BCUT2D eigenvalue weighted by Gasteiger charge is 2.37. The van der Waals surface area contributed by atoms with Crippen LogP contribution in [0.4, 0.5) is 0 Å². The van der Waals surface area contributed by atoms with Crippen LogP contribution in [0.25, 0.3) is 0 Å². The standard InChI is InChI=1S/C13H19NOS/c1-3-7-12-13(14-4-2)10-8-5-6-9-11(10)16(12)15/h5-6,8-9,12-14H,3-4,7H2,1-2H3. The molecule has 3 unspecified atom stereocenters. The highest BCUT2D eigenvalue weighted by molar-refractivity contribution is 7.86. The number of hydrogen-bond acceptors (Lipinski definition) is 2. The first-order valence-electron chi connectivity index (χ1n) is 6.02. The summed E-state index contributed by atoms with van der Waals surface area (Å²) in [4.78, 5) is 1.03. The Morgan fingerprint density at radius 1 is 1.31 bits per heavy atom. The molecule has 1 N–H and O–H groups in total. The van der Waals surface area contributed by atoms with Gasteiger partial charge < -0.3 is 5.32 Å². The maximum absolute atomic E-state index is 12.3. The molecule has 1 heterocycles. The quantitative estimate of drug-likeness (QED) is 0.872. The molecule has 0 saturated heterocycles. The Morgan fingerprint density at radius 2 is 2.06 bits per heavy atom. The predicted octanol–water partition coefficient (Wildman–Crippen LogP) is 2.63. The van der Waals surface area contributed by atoms with E-state index in [1.165, 1.54) is 5.56 Å². The molecule has 0 spiro atoms. The summed E-state index contributed by atoms with van der Waals surface area (Å²) in [7, 11) is -0.830. The summed E-state index contributed by atoms with van der Waals surface area (Å²) in [5, 5.41) is 3.73. The van der Waals surface area contributed by atoms with Crippen molar-refractivity contribution >= 4 is 10.8 Å². The maximum Gasteiger partial charge on any atom is 0.0590 e. The first-order valence-corrected chi connectivity index (χ1v) is 7.23. The molecule has 0 radical (unpaired) electrons. The Bertz CT molecular complexity index is 391. The van der Waals surface area contributed by atoms with E-state index < -0.39 is 10.8 Å². The van der Waals surface area contributed by atoms with Crippen molar-refractivity contribution in [2.24, 2.45) is 0 Å². The molecule has 2 rings (SSSR count). The fourth-order valence-corrected chi connectivity index (χ4v) is 4.33. The van der Waals surface area contributed by atoms with Gasteiger partial charge in [0.1, 0.15) is 0 Å². The van der Waals surface area contributed by atoms with Gasteiger partial charge in [0.15, 0.2) is 0 Å². The Labute approximate surface area is 99.9 Å². The van der Waals surface area contributed by atoms with Gasteiger partial charge in [-0.15, -0.1) is 0 Å². The second-order valence-corrected chi connectivity index (χ2v) is 5.84. The largest absolute Gasteiger partial charge is 0.309 e. The van der Waals surface area contributed by atoms with Gasteiger partial charge in [0.05, 0.1) is 16.0 Å². The summed E-state index contributed by atoms with van der Waals surface area (Å²) in [5.74, 6) is 0. The second-order valence-electron chi connectivity index (χ2n) is 4.20. The van der Waals surface area contributed by atoms with Crippen molar-refractivity contribution < 1.29 is 4.21 Å². The average molecular weight is 237 g/mol. The first-order chi connectivity index (χ1) is 7.79. The van der Waals surface area contributed by atoms with Crippen LogP contribution in [-0.4, -0.2) is 16.0 Å². The molecule has 16 heavy (non-hydrogen) atoms. The minimum absolute atomic E-state index is 0.252.